The molecule has 2 unspecified atom stereocenters. The molecule has 2 aromatic carbocycles. The van der Waals surface area contributed by atoms with Crippen molar-refractivity contribution in [3.63, 3.8) is 0 Å². The number of hydrogen-bond donors (Lipinski definition) is 2. The molecule has 3 fully saturated rings. The number of alkyl halides is 6. The molecule has 2 N–H and O–H groups in total. The van der Waals surface area contributed by atoms with Crippen LogP contribution in [0.15, 0.2) is 48.7 Å². The first-order valence-corrected chi connectivity index (χ1v) is 14.1. The van der Waals surface area contributed by atoms with E-state index in [0.717, 1.165) is 48.8 Å². The third kappa shape index (κ3) is 6.36. The lowest BCUT2D eigenvalue weighted by atomic mass is 9.69. The predicted octanol–water partition coefficient (Wildman–Crippen LogP) is 7.80. The number of benzene rings is 2. The molecule has 41 heavy (non-hydrogen) atoms. The van der Waals surface area contributed by atoms with Gasteiger partial charge in [0.05, 0.1) is 28.2 Å². The summed E-state index contributed by atoms with van der Waals surface area (Å²) in [7, 11) is 0. The fourth-order valence-electron chi connectivity index (χ4n) is 6.59. The summed E-state index contributed by atoms with van der Waals surface area (Å²) in [6.07, 6.45) is -4.88. The lowest BCUT2D eigenvalue weighted by molar-refractivity contribution is -0.143. The Morgan fingerprint density at radius 2 is 1.78 bits per heavy atom. The standard InChI is InChI=1S/C30H31F6N3OS/c1-2-18-15-39-8-6-19(18)10-27(39)25(23-5-7-37-26-4-3-17(16-40)9-24(23)26)14-28(41)38-22-12-20(29(31,32)33)11-21(13-22)30(34,35)36/h3-5,7,9,11-13,18-19,25,27,40H,2,6,8,10,14-16H2,1H3,(H,38,41)/t18-,19?,25-,27-/m0/s1. The Bertz CT molecular complexity index is 1390. The van der Waals surface area contributed by atoms with Crippen molar-refractivity contribution in [3.05, 3.63) is 70.9 Å². The van der Waals surface area contributed by atoms with E-state index in [1.807, 2.05) is 18.2 Å². The van der Waals surface area contributed by atoms with Gasteiger partial charge < -0.3 is 10.4 Å². The Balaban J connectivity index is 1.51. The second-order valence-corrected chi connectivity index (χ2v) is 11.6. The molecule has 4 heterocycles. The highest BCUT2D eigenvalue weighted by Crippen LogP contribution is 2.45. The Morgan fingerprint density at radius 3 is 2.37 bits per heavy atom. The molecule has 220 valence electrons. The van der Waals surface area contributed by atoms with Crippen molar-refractivity contribution in [3.8, 4) is 0 Å². The number of piperidine rings is 3. The minimum atomic E-state index is -4.95. The second kappa shape index (κ2) is 11.5. The highest BCUT2D eigenvalue weighted by Gasteiger charge is 2.43. The van der Waals surface area contributed by atoms with E-state index >= 15 is 0 Å². The van der Waals surface area contributed by atoms with Crippen molar-refractivity contribution in [2.45, 2.75) is 63.5 Å². The molecule has 3 aromatic rings. The summed E-state index contributed by atoms with van der Waals surface area (Å²) in [5.41, 5.74) is -0.751. The van der Waals surface area contributed by atoms with Gasteiger partial charge in [0.2, 0.25) is 0 Å². The molecule has 6 rings (SSSR count). The molecule has 4 nitrogen and oxygen atoms in total. The van der Waals surface area contributed by atoms with Gasteiger partial charge in [0, 0.05) is 42.2 Å². The van der Waals surface area contributed by atoms with Crippen LogP contribution in [0.2, 0.25) is 0 Å². The Morgan fingerprint density at radius 1 is 1.07 bits per heavy atom. The molecule has 2 bridgehead atoms. The van der Waals surface area contributed by atoms with Crippen LogP contribution >= 0.6 is 12.2 Å². The summed E-state index contributed by atoms with van der Waals surface area (Å²) in [6.45, 7) is 3.91. The normalized spacial score (nSPS) is 23.5. The van der Waals surface area contributed by atoms with Gasteiger partial charge >= 0.3 is 12.4 Å². The number of fused-ring (bicyclic) bond motifs is 4. The number of nitrogens with one attached hydrogen (secondary N) is 1. The maximum atomic E-state index is 13.4. The summed E-state index contributed by atoms with van der Waals surface area (Å²) in [5.74, 6) is 0.938. The highest BCUT2D eigenvalue weighted by atomic mass is 32.1. The maximum absolute atomic E-state index is 13.4. The molecule has 0 saturated carbocycles. The summed E-state index contributed by atoms with van der Waals surface area (Å²) in [5, 5.41) is 13.3. The van der Waals surface area contributed by atoms with Crippen molar-refractivity contribution in [1.82, 2.24) is 9.88 Å². The number of aliphatic hydroxyl groups is 1. The number of pyridine rings is 1. The Labute approximate surface area is 239 Å². The molecule has 0 aliphatic carbocycles. The molecular weight excluding hydrogens is 564 g/mol. The van der Waals surface area contributed by atoms with E-state index in [0.29, 0.717) is 29.5 Å². The van der Waals surface area contributed by atoms with Crippen LogP contribution < -0.4 is 5.32 Å². The maximum Gasteiger partial charge on any atom is 0.416 e. The van der Waals surface area contributed by atoms with Crippen LogP contribution in [0, 0.1) is 11.8 Å². The number of anilines is 1. The Kier molecular flexibility index (Phi) is 8.33. The van der Waals surface area contributed by atoms with Crippen LogP contribution in [0.1, 0.15) is 60.8 Å². The topological polar surface area (TPSA) is 48.4 Å². The largest absolute Gasteiger partial charge is 0.416 e. The lowest BCUT2D eigenvalue weighted by Gasteiger charge is -2.52. The highest BCUT2D eigenvalue weighted by molar-refractivity contribution is 7.80. The fourth-order valence-corrected chi connectivity index (χ4v) is 6.89. The van der Waals surface area contributed by atoms with Crippen molar-refractivity contribution in [2.24, 2.45) is 11.8 Å². The van der Waals surface area contributed by atoms with Gasteiger partial charge in [0.25, 0.3) is 0 Å². The quantitative estimate of drug-likeness (QED) is 0.216. The molecular formula is C30H31F6N3OS. The van der Waals surface area contributed by atoms with Crippen molar-refractivity contribution < 1.29 is 31.4 Å². The van der Waals surface area contributed by atoms with Gasteiger partial charge in [-0.15, -0.1) is 0 Å². The second-order valence-electron chi connectivity index (χ2n) is 11.1. The van der Waals surface area contributed by atoms with Gasteiger partial charge in [-0.05, 0) is 78.7 Å². The minimum absolute atomic E-state index is 0.0897. The van der Waals surface area contributed by atoms with Crippen LogP contribution in [-0.4, -0.2) is 39.1 Å². The van der Waals surface area contributed by atoms with E-state index in [-0.39, 0.29) is 41.7 Å². The van der Waals surface area contributed by atoms with Crippen molar-refractivity contribution in [1.29, 1.82) is 0 Å². The number of rotatable bonds is 7. The van der Waals surface area contributed by atoms with Crippen molar-refractivity contribution in [2.75, 3.05) is 18.4 Å². The molecule has 11 heteroatoms. The van der Waals surface area contributed by atoms with Gasteiger partial charge in [-0.25, -0.2) is 0 Å². The first-order chi connectivity index (χ1) is 19.4. The van der Waals surface area contributed by atoms with Crippen molar-refractivity contribution >= 4 is 33.8 Å². The van der Waals surface area contributed by atoms with E-state index in [9.17, 15) is 31.4 Å². The molecule has 3 aliphatic rings. The van der Waals surface area contributed by atoms with Gasteiger partial charge in [-0.1, -0.05) is 31.6 Å². The molecule has 0 radical (unpaired) electrons. The third-order valence-corrected chi connectivity index (χ3v) is 8.89. The fraction of sp³-hybridized carbons (Fsp3) is 0.467. The smallest absolute Gasteiger partial charge is 0.392 e. The van der Waals surface area contributed by atoms with Crippen LogP contribution in [0.25, 0.3) is 10.9 Å². The summed E-state index contributed by atoms with van der Waals surface area (Å²) < 4.78 is 80.7. The first kappa shape index (κ1) is 29.7. The molecule has 0 amide bonds. The number of thiocarbonyl (C=S) groups is 1. The van der Waals surface area contributed by atoms with Gasteiger partial charge in [-0.3, -0.25) is 9.88 Å². The van der Waals surface area contributed by atoms with Crippen LogP contribution in [0.3, 0.4) is 0 Å². The van der Waals surface area contributed by atoms with E-state index in [1.165, 1.54) is 0 Å². The Hall–Kier alpha value is -2.76. The van der Waals surface area contributed by atoms with E-state index in [4.69, 9.17) is 12.2 Å². The summed E-state index contributed by atoms with van der Waals surface area (Å²) in [6, 6.07) is 8.93. The molecule has 5 atom stereocenters. The zero-order valence-electron chi connectivity index (χ0n) is 22.4. The van der Waals surface area contributed by atoms with Gasteiger partial charge in [-0.2, -0.15) is 26.3 Å². The molecule has 1 aromatic heterocycles. The molecule has 3 saturated heterocycles. The number of aromatic nitrogens is 1. The third-order valence-electron chi connectivity index (χ3n) is 8.62. The zero-order valence-corrected chi connectivity index (χ0v) is 23.2. The summed E-state index contributed by atoms with van der Waals surface area (Å²) in [4.78, 5) is 7.08. The average Bonchev–Trinajstić information content (AvgIpc) is 2.94. The number of hydrogen-bond acceptors (Lipinski definition) is 4. The van der Waals surface area contributed by atoms with Gasteiger partial charge in [0.1, 0.15) is 0 Å². The van der Waals surface area contributed by atoms with E-state index in [1.54, 1.807) is 12.3 Å². The lowest BCUT2D eigenvalue weighted by Crippen LogP contribution is -2.55. The van der Waals surface area contributed by atoms with Crippen LogP contribution in [-0.2, 0) is 19.0 Å². The average molecular weight is 596 g/mol. The zero-order chi connectivity index (χ0) is 29.5. The van der Waals surface area contributed by atoms with E-state index in [2.05, 4.69) is 22.1 Å². The number of aliphatic hydroxyl groups excluding tert-OH is 1. The molecule has 0 spiro atoms. The monoisotopic (exact) mass is 595 g/mol. The van der Waals surface area contributed by atoms with Crippen LogP contribution in [0.5, 0.6) is 0 Å². The van der Waals surface area contributed by atoms with Gasteiger partial charge in [0.15, 0.2) is 0 Å². The first-order valence-electron chi connectivity index (χ1n) is 13.7. The minimum Gasteiger partial charge on any atom is -0.392 e. The molecule has 3 aliphatic heterocycles. The summed E-state index contributed by atoms with van der Waals surface area (Å²) >= 11 is 5.61. The predicted molar refractivity (Wildman–Crippen MR) is 150 cm³/mol. The SMILES string of the molecule is CC[C@H]1CN2CCC1C[C@H]2[C@@H](CC(=S)Nc1cc(C(F)(F)F)cc(C(F)(F)F)c1)c1ccnc2ccc(CO)cc12. The number of halogens is 6. The van der Waals surface area contributed by atoms with Crippen LogP contribution in [0.4, 0.5) is 32.0 Å². The van der Waals surface area contributed by atoms with E-state index < -0.39 is 23.5 Å². The number of nitrogens with zero attached hydrogens (tertiary/aromatic N) is 2.